The van der Waals surface area contributed by atoms with Gasteiger partial charge in [-0.05, 0) is 37.3 Å². The molecule has 2 aromatic rings. The van der Waals surface area contributed by atoms with E-state index in [1.165, 1.54) is 0 Å². The van der Waals surface area contributed by atoms with E-state index < -0.39 is 33.4 Å². The maximum Gasteiger partial charge on any atom is 0.244 e. The summed E-state index contributed by atoms with van der Waals surface area (Å²) in [5.74, 6) is -1.73. The van der Waals surface area contributed by atoms with Crippen molar-refractivity contribution in [2.45, 2.75) is 54.3 Å². The minimum atomic E-state index is -0.769. The maximum absolute atomic E-state index is 14.5. The SMILES string of the molecule is C[C@]12CCC3(S1)C(C(=O)NCCN1CCOCC1)N([C@@H](CO)Cc1ccccc1)C(=O)[C@@H]3[C@H]2C(=O)NCc1ccccc1. The van der Waals surface area contributed by atoms with E-state index in [0.717, 1.165) is 30.6 Å². The lowest BCUT2D eigenvalue weighted by atomic mass is 9.66. The highest BCUT2D eigenvalue weighted by molar-refractivity contribution is 8.02. The molecule has 10 heteroatoms. The number of carbonyl (C=O) groups excluding carboxylic acids is 3. The van der Waals surface area contributed by atoms with Gasteiger partial charge in [-0.1, -0.05) is 60.7 Å². The first-order chi connectivity index (χ1) is 20.9. The van der Waals surface area contributed by atoms with Gasteiger partial charge in [0, 0.05) is 37.5 Å². The Kier molecular flexibility index (Phi) is 8.82. The van der Waals surface area contributed by atoms with Crippen LogP contribution in [-0.2, 0) is 32.1 Å². The number of rotatable bonds is 11. The summed E-state index contributed by atoms with van der Waals surface area (Å²) in [6.07, 6.45) is 1.85. The van der Waals surface area contributed by atoms with Gasteiger partial charge in [-0.2, -0.15) is 0 Å². The molecule has 4 saturated heterocycles. The molecular formula is C33H42N4O5S. The van der Waals surface area contributed by atoms with Gasteiger partial charge < -0.3 is 25.4 Å². The second-order valence-corrected chi connectivity index (χ2v) is 14.3. The quantitative estimate of drug-likeness (QED) is 0.358. The lowest BCUT2D eigenvalue weighted by Crippen LogP contribution is -2.57. The number of likely N-dealkylation sites (tertiary alicyclic amines) is 1. The maximum atomic E-state index is 14.5. The zero-order valence-corrected chi connectivity index (χ0v) is 25.6. The Balaban J connectivity index is 1.28. The number of nitrogens with zero attached hydrogens (tertiary/aromatic N) is 2. The molecule has 3 N–H and O–H groups in total. The van der Waals surface area contributed by atoms with E-state index >= 15 is 0 Å². The molecule has 9 nitrogen and oxygen atoms in total. The van der Waals surface area contributed by atoms with Gasteiger partial charge in [-0.3, -0.25) is 19.3 Å². The molecular weight excluding hydrogens is 564 g/mol. The average Bonchev–Trinajstić information content (AvgIpc) is 3.60. The largest absolute Gasteiger partial charge is 0.394 e. The van der Waals surface area contributed by atoms with Crippen molar-refractivity contribution < 1.29 is 24.2 Å². The van der Waals surface area contributed by atoms with Gasteiger partial charge in [0.1, 0.15) is 6.04 Å². The molecule has 3 amide bonds. The smallest absolute Gasteiger partial charge is 0.244 e. The van der Waals surface area contributed by atoms with E-state index in [0.29, 0.717) is 45.7 Å². The zero-order valence-electron chi connectivity index (χ0n) is 24.7. The highest BCUT2D eigenvalue weighted by Crippen LogP contribution is 2.71. The molecule has 6 atom stereocenters. The van der Waals surface area contributed by atoms with Crippen LogP contribution in [-0.4, -0.2) is 100 Å². The Morgan fingerprint density at radius 1 is 1.00 bits per heavy atom. The van der Waals surface area contributed by atoms with Gasteiger partial charge in [-0.15, -0.1) is 11.8 Å². The number of aliphatic hydroxyl groups excluding tert-OH is 1. The molecule has 0 aliphatic carbocycles. The minimum Gasteiger partial charge on any atom is -0.394 e. The first-order valence-electron chi connectivity index (χ1n) is 15.4. The molecule has 4 aliphatic heterocycles. The standard InChI is InChI=1S/C33H42N4O5S/c1-32-12-13-33(43-32)27(26(32)29(39)35-21-24-10-6-3-7-11-24)31(41)37(25(22-38)20-23-8-4-2-5-9-23)28(33)30(40)34-14-15-36-16-18-42-19-17-36/h2-11,25-28,38H,12-22H2,1H3,(H,34,40)(H,35,39)/t25-,26+,27+,28?,32-,33?/m1/s1. The van der Waals surface area contributed by atoms with Gasteiger partial charge in [0.2, 0.25) is 17.7 Å². The van der Waals surface area contributed by atoms with E-state index in [-0.39, 0.29) is 24.3 Å². The number of hydrogen-bond acceptors (Lipinski definition) is 7. The molecule has 6 rings (SSSR count). The third kappa shape index (κ3) is 5.70. The highest BCUT2D eigenvalue weighted by atomic mass is 32.2. The van der Waals surface area contributed by atoms with Crippen molar-refractivity contribution in [1.29, 1.82) is 0 Å². The van der Waals surface area contributed by atoms with Crippen LogP contribution >= 0.6 is 11.8 Å². The Morgan fingerprint density at radius 3 is 2.35 bits per heavy atom. The summed E-state index contributed by atoms with van der Waals surface area (Å²) in [6, 6.07) is 18.1. The van der Waals surface area contributed by atoms with Crippen molar-refractivity contribution in [3.05, 3.63) is 71.8 Å². The van der Waals surface area contributed by atoms with Crippen molar-refractivity contribution in [2.24, 2.45) is 11.8 Å². The first-order valence-corrected chi connectivity index (χ1v) is 16.2. The summed E-state index contributed by atoms with van der Waals surface area (Å²) in [6.45, 7) is 6.38. The number of carbonyl (C=O) groups is 3. The molecule has 0 aromatic heterocycles. The number of fused-ring (bicyclic) bond motifs is 1. The molecule has 4 heterocycles. The van der Waals surface area contributed by atoms with E-state index in [2.05, 4.69) is 22.5 Å². The van der Waals surface area contributed by atoms with E-state index in [4.69, 9.17) is 4.74 Å². The van der Waals surface area contributed by atoms with Crippen molar-refractivity contribution in [2.75, 3.05) is 46.0 Å². The van der Waals surface area contributed by atoms with Crippen LogP contribution in [0.25, 0.3) is 0 Å². The summed E-state index contributed by atoms with van der Waals surface area (Å²) in [4.78, 5) is 46.5. The van der Waals surface area contributed by atoms with Gasteiger partial charge in [0.05, 0.1) is 42.4 Å². The molecule has 1 spiro atoms. The number of hydrogen-bond donors (Lipinski definition) is 3. The Labute approximate surface area is 257 Å². The lowest BCUT2D eigenvalue weighted by molar-refractivity contribution is -0.143. The number of nitrogens with one attached hydrogen (secondary N) is 2. The predicted octanol–water partition coefficient (Wildman–Crippen LogP) is 1.84. The molecule has 2 bridgehead atoms. The Morgan fingerprint density at radius 2 is 1.67 bits per heavy atom. The van der Waals surface area contributed by atoms with Crippen LogP contribution in [0.5, 0.6) is 0 Å². The second-order valence-electron chi connectivity index (χ2n) is 12.4. The van der Waals surface area contributed by atoms with Crippen molar-refractivity contribution in [3.63, 3.8) is 0 Å². The van der Waals surface area contributed by atoms with Crippen LogP contribution in [0, 0.1) is 11.8 Å². The third-order valence-corrected chi connectivity index (χ3v) is 11.8. The minimum absolute atomic E-state index is 0.143. The van der Waals surface area contributed by atoms with Crippen LogP contribution in [0.3, 0.4) is 0 Å². The van der Waals surface area contributed by atoms with Gasteiger partial charge >= 0.3 is 0 Å². The molecule has 0 radical (unpaired) electrons. The molecule has 4 aliphatic rings. The monoisotopic (exact) mass is 606 g/mol. The molecule has 4 fully saturated rings. The summed E-state index contributed by atoms with van der Waals surface area (Å²) >= 11 is 1.66. The van der Waals surface area contributed by atoms with E-state index in [9.17, 15) is 19.5 Å². The van der Waals surface area contributed by atoms with Crippen LogP contribution < -0.4 is 10.6 Å². The van der Waals surface area contributed by atoms with Crippen LogP contribution in [0.1, 0.15) is 30.9 Å². The van der Waals surface area contributed by atoms with Crippen LogP contribution in [0.4, 0.5) is 0 Å². The van der Waals surface area contributed by atoms with E-state index in [1.807, 2.05) is 60.7 Å². The highest BCUT2D eigenvalue weighted by Gasteiger charge is 2.77. The topological polar surface area (TPSA) is 111 Å². The van der Waals surface area contributed by atoms with Crippen LogP contribution in [0.2, 0.25) is 0 Å². The van der Waals surface area contributed by atoms with Gasteiger partial charge in [0.25, 0.3) is 0 Å². The Bertz CT molecular complexity index is 1310. The second kappa shape index (κ2) is 12.6. The van der Waals surface area contributed by atoms with Gasteiger partial charge in [0.15, 0.2) is 0 Å². The Hall–Kier alpha value is -2.92. The van der Waals surface area contributed by atoms with Gasteiger partial charge in [-0.25, -0.2) is 0 Å². The first kappa shape index (κ1) is 30.1. The van der Waals surface area contributed by atoms with Crippen molar-refractivity contribution >= 4 is 29.5 Å². The van der Waals surface area contributed by atoms with Crippen LogP contribution in [0.15, 0.2) is 60.7 Å². The van der Waals surface area contributed by atoms with Crippen molar-refractivity contribution in [1.82, 2.24) is 20.4 Å². The molecule has 230 valence electrons. The lowest BCUT2D eigenvalue weighted by Gasteiger charge is -2.37. The summed E-state index contributed by atoms with van der Waals surface area (Å²) in [5.41, 5.74) is 1.98. The zero-order chi connectivity index (χ0) is 30.0. The predicted molar refractivity (Wildman–Crippen MR) is 165 cm³/mol. The normalized spacial score (nSPS) is 30.7. The molecule has 2 aromatic carbocycles. The third-order valence-electron chi connectivity index (χ3n) is 9.80. The summed E-state index contributed by atoms with van der Waals surface area (Å²) in [7, 11) is 0. The molecule has 2 unspecified atom stereocenters. The summed E-state index contributed by atoms with van der Waals surface area (Å²) < 4.78 is 4.27. The number of thioether (sulfide) groups is 1. The number of ether oxygens (including phenoxy) is 1. The molecule has 43 heavy (non-hydrogen) atoms. The average molecular weight is 607 g/mol. The fourth-order valence-electron chi connectivity index (χ4n) is 7.75. The van der Waals surface area contributed by atoms with E-state index in [1.54, 1.807) is 16.7 Å². The molecule has 0 saturated carbocycles. The van der Waals surface area contributed by atoms with Crippen molar-refractivity contribution in [3.8, 4) is 0 Å². The summed E-state index contributed by atoms with van der Waals surface area (Å²) in [5, 5.41) is 16.9. The fourth-order valence-corrected chi connectivity index (χ4v) is 10.1. The number of morpholine rings is 1. The number of aliphatic hydroxyl groups is 1. The number of amides is 3. The fraction of sp³-hybridized carbons (Fsp3) is 0.545. The number of benzene rings is 2.